The summed E-state index contributed by atoms with van der Waals surface area (Å²) in [5.41, 5.74) is 0. The fourth-order valence-electron chi connectivity index (χ4n) is 1.39. The van der Waals surface area contributed by atoms with Crippen molar-refractivity contribution in [3.8, 4) is 0 Å². The van der Waals surface area contributed by atoms with Crippen LogP contribution in [-0.4, -0.2) is 74.7 Å². The van der Waals surface area contributed by atoms with Gasteiger partial charge in [-0.1, -0.05) is 0 Å². The maximum Gasteiger partial charge on any atom is 4.00 e. The standard InChI is InChI=1S/2C8H12O6.Ti/c2*1-3-13-7(11)5(9)6(10)8(12)14-4-2;/h2*5-6H,3-4H2,1-2H3;/q2*-2;+4. The van der Waals surface area contributed by atoms with E-state index in [-0.39, 0.29) is 48.1 Å². The summed E-state index contributed by atoms with van der Waals surface area (Å²) in [5.74, 6) is -4.89. The molecule has 0 rings (SSSR count). The zero-order valence-electron chi connectivity index (χ0n) is 16.5. The molecule has 0 aromatic carbocycles. The summed E-state index contributed by atoms with van der Waals surface area (Å²) in [7, 11) is 0. The molecule has 0 amide bonds. The zero-order valence-corrected chi connectivity index (χ0v) is 18.1. The van der Waals surface area contributed by atoms with Crippen molar-refractivity contribution < 1.29 is 80.3 Å². The van der Waals surface area contributed by atoms with Gasteiger partial charge in [0.1, 0.15) is 0 Å². The van der Waals surface area contributed by atoms with E-state index in [2.05, 4.69) is 18.9 Å². The number of carbonyl (C=O) groups excluding carboxylic acids is 4. The predicted molar refractivity (Wildman–Crippen MR) is 81.7 cm³/mol. The molecule has 0 aliphatic heterocycles. The Morgan fingerprint density at radius 2 is 0.655 bits per heavy atom. The molecular formula is C16H24O12Ti. The van der Waals surface area contributed by atoms with Crippen molar-refractivity contribution in [3.63, 3.8) is 0 Å². The first-order valence-electron chi connectivity index (χ1n) is 8.38. The number of carbonyl (C=O) groups is 4. The third kappa shape index (κ3) is 13.3. The Labute approximate surface area is 183 Å². The second kappa shape index (κ2) is 18.5. The Morgan fingerprint density at radius 3 is 0.759 bits per heavy atom. The fraction of sp³-hybridized carbons (Fsp3) is 0.750. The van der Waals surface area contributed by atoms with Crippen molar-refractivity contribution in [2.45, 2.75) is 52.1 Å². The second-order valence-corrected chi connectivity index (χ2v) is 4.69. The summed E-state index contributed by atoms with van der Waals surface area (Å²) in [6.07, 6.45) is -9.02. The van der Waals surface area contributed by atoms with E-state index < -0.39 is 48.3 Å². The number of hydrogen-bond donors (Lipinski definition) is 0. The molecule has 0 aromatic heterocycles. The van der Waals surface area contributed by atoms with Gasteiger partial charge in [0.05, 0.1) is 26.4 Å². The van der Waals surface area contributed by atoms with Gasteiger partial charge in [0.15, 0.2) is 0 Å². The SMILES string of the molecule is CCOC(=O)C([O-])C([O-])C(=O)OCC.CCOC(=O)C([O-])C([O-])C(=O)OCC.[Ti+4]. The van der Waals surface area contributed by atoms with Crippen LogP contribution in [0.4, 0.5) is 0 Å². The number of esters is 4. The molecule has 0 saturated heterocycles. The molecular weight excluding hydrogens is 432 g/mol. The Morgan fingerprint density at radius 1 is 0.517 bits per heavy atom. The third-order valence-corrected chi connectivity index (χ3v) is 2.63. The molecule has 0 aliphatic rings. The van der Waals surface area contributed by atoms with Crippen molar-refractivity contribution in [2.24, 2.45) is 0 Å². The van der Waals surface area contributed by atoms with E-state index in [0.29, 0.717) is 0 Å². The molecule has 164 valence electrons. The normalized spacial score (nSPS) is 13.8. The summed E-state index contributed by atoms with van der Waals surface area (Å²) in [6.45, 7) is 5.95. The monoisotopic (exact) mass is 456 g/mol. The van der Waals surface area contributed by atoms with E-state index in [1.807, 2.05) is 0 Å². The molecule has 0 aliphatic carbocycles. The van der Waals surface area contributed by atoms with Gasteiger partial charge in [-0.05, 0) is 52.1 Å². The van der Waals surface area contributed by atoms with Gasteiger partial charge in [-0.3, -0.25) is 19.2 Å². The largest absolute Gasteiger partial charge is 4.00 e. The van der Waals surface area contributed by atoms with Gasteiger partial charge in [-0.15, -0.1) is 0 Å². The van der Waals surface area contributed by atoms with Crippen LogP contribution in [0.25, 0.3) is 0 Å². The van der Waals surface area contributed by atoms with Crippen molar-refractivity contribution in [3.05, 3.63) is 0 Å². The van der Waals surface area contributed by atoms with Gasteiger partial charge in [0.25, 0.3) is 23.9 Å². The molecule has 0 bridgehead atoms. The third-order valence-electron chi connectivity index (χ3n) is 2.63. The summed E-state index contributed by atoms with van der Waals surface area (Å²) in [5, 5.41) is 43.8. The topological polar surface area (TPSA) is 197 Å². The van der Waals surface area contributed by atoms with Gasteiger partial charge in [0, 0.05) is 0 Å². The van der Waals surface area contributed by atoms with Crippen molar-refractivity contribution in [1.29, 1.82) is 0 Å². The number of rotatable bonds is 10. The van der Waals surface area contributed by atoms with E-state index in [1.54, 1.807) is 0 Å². The van der Waals surface area contributed by atoms with Crippen LogP contribution in [-0.2, 0) is 59.8 Å². The van der Waals surface area contributed by atoms with E-state index in [4.69, 9.17) is 0 Å². The first-order chi connectivity index (χ1) is 13.1. The Balaban J connectivity index is -0.000000451. The zero-order chi connectivity index (χ0) is 22.3. The van der Waals surface area contributed by atoms with Crippen LogP contribution >= 0.6 is 0 Å². The van der Waals surface area contributed by atoms with Crippen LogP contribution in [0.5, 0.6) is 0 Å². The maximum absolute atomic E-state index is 10.9. The predicted octanol–water partition coefficient (Wildman–Crippen LogP) is -4.86. The molecule has 0 aromatic rings. The molecule has 0 N–H and O–H groups in total. The molecule has 0 saturated carbocycles. The Hall–Kier alpha value is -1.57. The summed E-state index contributed by atoms with van der Waals surface area (Å²) < 4.78 is 17.2. The average molecular weight is 456 g/mol. The quantitative estimate of drug-likeness (QED) is 0.173. The summed E-state index contributed by atoms with van der Waals surface area (Å²) in [6, 6.07) is 0. The molecule has 29 heavy (non-hydrogen) atoms. The van der Waals surface area contributed by atoms with E-state index >= 15 is 0 Å². The molecule has 0 radical (unpaired) electrons. The molecule has 12 nitrogen and oxygen atoms in total. The molecule has 4 unspecified atom stereocenters. The minimum Gasteiger partial charge on any atom is -0.844 e. The van der Waals surface area contributed by atoms with Crippen LogP contribution in [0.15, 0.2) is 0 Å². The average Bonchev–Trinajstić information content (AvgIpc) is 2.66. The molecule has 13 heteroatoms. The van der Waals surface area contributed by atoms with Crippen LogP contribution in [0.2, 0.25) is 0 Å². The molecule has 0 fully saturated rings. The second-order valence-electron chi connectivity index (χ2n) is 4.69. The van der Waals surface area contributed by atoms with Gasteiger partial charge in [-0.2, -0.15) is 0 Å². The fourth-order valence-corrected chi connectivity index (χ4v) is 1.39. The first kappa shape index (κ1) is 32.1. The van der Waals surface area contributed by atoms with Crippen LogP contribution in [0, 0.1) is 0 Å². The summed E-state index contributed by atoms with van der Waals surface area (Å²) >= 11 is 0. The van der Waals surface area contributed by atoms with Gasteiger partial charge in [0.2, 0.25) is 0 Å². The van der Waals surface area contributed by atoms with Crippen LogP contribution in [0.3, 0.4) is 0 Å². The minimum absolute atomic E-state index is 0. The maximum atomic E-state index is 10.9. The van der Waals surface area contributed by atoms with Gasteiger partial charge in [-0.25, -0.2) is 0 Å². The summed E-state index contributed by atoms with van der Waals surface area (Å²) in [4.78, 5) is 43.0. The van der Waals surface area contributed by atoms with Crippen LogP contribution < -0.4 is 20.4 Å². The van der Waals surface area contributed by atoms with Crippen molar-refractivity contribution in [1.82, 2.24) is 0 Å². The van der Waals surface area contributed by atoms with Crippen LogP contribution in [0.1, 0.15) is 27.7 Å². The Kier molecular flexibility index (Phi) is 20.4. The molecule has 0 heterocycles. The minimum atomic E-state index is -2.26. The van der Waals surface area contributed by atoms with E-state index in [1.165, 1.54) is 27.7 Å². The number of hydrogen-bond acceptors (Lipinski definition) is 12. The molecule has 4 atom stereocenters. The molecule has 0 spiro atoms. The smallest absolute Gasteiger partial charge is 0.844 e. The number of ether oxygens (including phenoxy) is 4. The first-order valence-corrected chi connectivity index (χ1v) is 8.38. The van der Waals surface area contributed by atoms with Gasteiger partial charge >= 0.3 is 21.7 Å². The Bertz CT molecular complexity index is 410. The van der Waals surface area contributed by atoms with Crippen molar-refractivity contribution >= 4 is 23.9 Å². The van der Waals surface area contributed by atoms with Gasteiger partial charge < -0.3 is 39.4 Å². The van der Waals surface area contributed by atoms with E-state index in [0.717, 1.165) is 0 Å². The van der Waals surface area contributed by atoms with E-state index in [9.17, 15) is 39.6 Å². The van der Waals surface area contributed by atoms with Crippen molar-refractivity contribution in [2.75, 3.05) is 26.4 Å².